The highest BCUT2D eigenvalue weighted by atomic mass is 16.7. The number of benzene rings is 6. The van der Waals surface area contributed by atoms with E-state index in [2.05, 4.69) is 0 Å². The minimum absolute atomic E-state index is 0.0103. The van der Waals surface area contributed by atoms with Crippen molar-refractivity contribution in [2.45, 2.75) is 101 Å². The first-order chi connectivity index (χ1) is 32.1. The normalized spacial score (nSPS) is 25.6. The predicted octanol–water partition coefficient (Wildman–Crippen LogP) is 7.95. The van der Waals surface area contributed by atoms with Crippen molar-refractivity contribution < 1.29 is 52.8 Å². The summed E-state index contributed by atoms with van der Waals surface area (Å²) in [5.41, 5.74) is 5.63. The minimum Gasteiger partial charge on any atom is -0.385 e. The van der Waals surface area contributed by atoms with Crippen LogP contribution in [0.15, 0.2) is 182 Å². The first-order valence-electron chi connectivity index (χ1n) is 22.3. The number of hydrogen-bond acceptors (Lipinski definition) is 11. The van der Waals surface area contributed by atoms with Crippen LogP contribution in [0.1, 0.15) is 33.4 Å². The van der Waals surface area contributed by atoms with Gasteiger partial charge in [-0.2, -0.15) is 0 Å². The number of aliphatic hydroxyl groups excluding tert-OH is 2. The molecule has 0 aromatic heterocycles. The third-order valence-corrected chi connectivity index (χ3v) is 11.4. The van der Waals surface area contributed by atoms with Gasteiger partial charge in [0.1, 0.15) is 48.8 Å². The summed E-state index contributed by atoms with van der Waals surface area (Å²) >= 11 is 0. The largest absolute Gasteiger partial charge is 0.385 e. The molecular formula is C54H58O11. The van der Waals surface area contributed by atoms with Crippen molar-refractivity contribution in [1.29, 1.82) is 0 Å². The minimum atomic E-state index is -1.42. The van der Waals surface area contributed by atoms with Crippen molar-refractivity contribution in [3.05, 3.63) is 215 Å². The molecule has 2 fully saturated rings. The number of rotatable bonds is 22. The van der Waals surface area contributed by atoms with E-state index < -0.39 is 61.4 Å². The summed E-state index contributed by atoms with van der Waals surface area (Å²) in [6, 6.07) is 58.7. The molecule has 0 spiro atoms. The molecule has 0 bridgehead atoms. The highest BCUT2D eigenvalue weighted by molar-refractivity contribution is 5.18. The fourth-order valence-electron chi connectivity index (χ4n) is 8.05. The summed E-state index contributed by atoms with van der Waals surface area (Å²) < 4.78 is 59.3. The molecule has 2 heterocycles. The second kappa shape index (κ2) is 24.4. The molecule has 2 aliphatic rings. The van der Waals surface area contributed by atoms with E-state index in [1.807, 2.05) is 182 Å². The van der Waals surface area contributed by atoms with E-state index in [1.165, 1.54) is 0 Å². The van der Waals surface area contributed by atoms with Gasteiger partial charge in [-0.25, -0.2) is 0 Å². The molecule has 0 aliphatic carbocycles. The summed E-state index contributed by atoms with van der Waals surface area (Å²) in [6.45, 7) is 1.46. The molecule has 6 aromatic carbocycles. The third kappa shape index (κ3) is 13.5. The Morgan fingerprint density at radius 3 is 1.06 bits per heavy atom. The number of ether oxygens (including phenoxy) is 9. The molecule has 2 aliphatic heterocycles. The van der Waals surface area contributed by atoms with Crippen LogP contribution in [-0.2, 0) is 82.3 Å². The van der Waals surface area contributed by atoms with Crippen LogP contribution in [0.5, 0.6) is 0 Å². The molecule has 340 valence electrons. The van der Waals surface area contributed by atoms with Gasteiger partial charge in [-0.05, 0) is 33.4 Å². The topological polar surface area (TPSA) is 124 Å². The van der Waals surface area contributed by atoms with E-state index in [0.29, 0.717) is 6.61 Å². The average Bonchev–Trinajstić information content (AvgIpc) is 3.35. The monoisotopic (exact) mass is 882 g/mol. The van der Waals surface area contributed by atoms with Crippen molar-refractivity contribution in [1.82, 2.24) is 0 Å². The molecule has 65 heavy (non-hydrogen) atoms. The first-order valence-corrected chi connectivity index (χ1v) is 22.3. The summed E-state index contributed by atoms with van der Waals surface area (Å²) in [6.07, 6.45) is -10.5. The Bertz CT molecular complexity index is 2210. The second-order valence-electron chi connectivity index (χ2n) is 16.2. The van der Waals surface area contributed by atoms with Gasteiger partial charge >= 0.3 is 0 Å². The van der Waals surface area contributed by atoms with Crippen LogP contribution in [0.25, 0.3) is 0 Å². The van der Waals surface area contributed by atoms with Crippen molar-refractivity contribution in [2.24, 2.45) is 0 Å². The third-order valence-electron chi connectivity index (χ3n) is 11.4. The average molecular weight is 883 g/mol. The zero-order valence-electron chi connectivity index (χ0n) is 36.3. The van der Waals surface area contributed by atoms with Gasteiger partial charge in [0.05, 0.1) is 52.9 Å². The Kier molecular flexibility index (Phi) is 17.4. The van der Waals surface area contributed by atoms with Gasteiger partial charge in [0.15, 0.2) is 12.6 Å². The Morgan fingerprint density at radius 2 is 0.662 bits per heavy atom. The van der Waals surface area contributed by atoms with Gasteiger partial charge < -0.3 is 52.8 Å². The quantitative estimate of drug-likeness (QED) is 0.0691. The van der Waals surface area contributed by atoms with Crippen molar-refractivity contribution in [2.75, 3.05) is 13.2 Å². The lowest BCUT2D eigenvalue weighted by Gasteiger charge is -2.49. The van der Waals surface area contributed by atoms with Gasteiger partial charge in [0, 0.05) is 0 Å². The molecule has 0 saturated carbocycles. The Balaban J connectivity index is 1.11. The van der Waals surface area contributed by atoms with E-state index in [-0.39, 0.29) is 46.2 Å². The lowest BCUT2D eigenvalue weighted by atomic mass is 9.96. The lowest BCUT2D eigenvalue weighted by molar-refractivity contribution is -0.370. The smallest absolute Gasteiger partial charge is 0.187 e. The molecule has 6 aromatic rings. The van der Waals surface area contributed by atoms with Gasteiger partial charge in [0.25, 0.3) is 0 Å². The fraction of sp³-hybridized carbons (Fsp3) is 0.333. The number of hydrogen-bond donors (Lipinski definition) is 2. The van der Waals surface area contributed by atoms with E-state index in [1.54, 1.807) is 0 Å². The van der Waals surface area contributed by atoms with Gasteiger partial charge in [-0.3, -0.25) is 0 Å². The molecular weight excluding hydrogens is 825 g/mol. The van der Waals surface area contributed by atoms with E-state index in [0.717, 1.165) is 33.4 Å². The van der Waals surface area contributed by atoms with E-state index in [4.69, 9.17) is 42.6 Å². The molecule has 0 unspecified atom stereocenters. The Labute approximate surface area is 381 Å². The maximum Gasteiger partial charge on any atom is 0.187 e. The molecule has 0 amide bonds. The van der Waals surface area contributed by atoms with Crippen LogP contribution < -0.4 is 0 Å². The molecule has 11 nitrogen and oxygen atoms in total. The SMILES string of the molecule is O[C@@H]1[C@H](O[C@H]2[C@H](OCc3ccccc3)[C@@H](OCc3ccccc3)[C@H](O)O[C@@H]2COCc2ccccc2)O[C@H](COCc2ccccc2)[C@@H](OCc2ccccc2)[C@@H]1OCc1ccccc1. The van der Waals surface area contributed by atoms with E-state index in [9.17, 15) is 10.2 Å². The van der Waals surface area contributed by atoms with Crippen molar-refractivity contribution in [3.8, 4) is 0 Å². The fourth-order valence-corrected chi connectivity index (χ4v) is 8.05. The van der Waals surface area contributed by atoms with Crippen LogP contribution in [0.4, 0.5) is 0 Å². The van der Waals surface area contributed by atoms with Gasteiger partial charge in [-0.15, -0.1) is 0 Å². The summed E-state index contributed by atoms with van der Waals surface area (Å²) in [4.78, 5) is 0. The highest BCUT2D eigenvalue weighted by Gasteiger charge is 2.53. The maximum atomic E-state index is 12.5. The molecule has 11 heteroatoms. The van der Waals surface area contributed by atoms with Gasteiger partial charge in [-0.1, -0.05) is 182 Å². The van der Waals surface area contributed by atoms with Crippen molar-refractivity contribution in [3.63, 3.8) is 0 Å². The molecule has 8 rings (SSSR count). The predicted molar refractivity (Wildman–Crippen MR) is 243 cm³/mol. The van der Waals surface area contributed by atoms with Crippen LogP contribution in [-0.4, -0.2) is 84.8 Å². The van der Waals surface area contributed by atoms with E-state index >= 15 is 0 Å². The zero-order chi connectivity index (χ0) is 44.5. The Hall–Kier alpha value is -5.12. The summed E-state index contributed by atoms with van der Waals surface area (Å²) in [7, 11) is 0. The van der Waals surface area contributed by atoms with Crippen LogP contribution in [0.2, 0.25) is 0 Å². The van der Waals surface area contributed by atoms with Crippen molar-refractivity contribution >= 4 is 0 Å². The van der Waals surface area contributed by atoms with Crippen LogP contribution in [0.3, 0.4) is 0 Å². The first kappa shape index (κ1) is 46.4. The molecule has 10 atom stereocenters. The second-order valence-corrected chi connectivity index (χ2v) is 16.2. The number of aliphatic hydroxyl groups is 2. The standard InChI is InChI=1S/C54H58O11/c55-47-50(60-34-42-25-13-4-14-26-42)48(59-33-41-23-11-3-12-24-41)45(37-57-31-39-19-7-1-8-20-39)64-54(47)65-49-46(38-58-32-40-21-9-2-10-22-40)63-53(56)52(62-36-44-29-17-6-18-30-44)51(49)61-35-43-27-15-5-16-28-43/h1-30,45-56H,31-38H2/t45-,46-,47+,48-,49-,50-,51+,52-,53-,54+/m1/s1. The van der Waals surface area contributed by atoms with Gasteiger partial charge in [0.2, 0.25) is 0 Å². The van der Waals surface area contributed by atoms with Crippen LogP contribution >= 0.6 is 0 Å². The molecule has 2 saturated heterocycles. The van der Waals surface area contributed by atoms with Crippen LogP contribution in [0, 0.1) is 0 Å². The Morgan fingerprint density at radius 1 is 0.338 bits per heavy atom. The summed E-state index contributed by atoms with van der Waals surface area (Å²) in [5.74, 6) is 0. The lowest BCUT2D eigenvalue weighted by Crippen LogP contribution is -2.66. The molecule has 0 radical (unpaired) electrons. The summed E-state index contributed by atoms with van der Waals surface area (Å²) in [5, 5.41) is 24.3. The molecule has 2 N–H and O–H groups in total. The zero-order valence-corrected chi connectivity index (χ0v) is 36.3. The highest BCUT2D eigenvalue weighted by Crippen LogP contribution is 2.35. The maximum absolute atomic E-state index is 12.5.